The molecule has 0 aromatic carbocycles. The third-order valence-corrected chi connectivity index (χ3v) is 3.40. The van der Waals surface area contributed by atoms with E-state index in [0.29, 0.717) is 39.3 Å². The Morgan fingerprint density at radius 1 is 1.10 bits per heavy atom. The van der Waals surface area contributed by atoms with Crippen LogP contribution in [0.25, 0.3) is 0 Å². The summed E-state index contributed by atoms with van der Waals surface area (Å²) in [5, 5.41) is 2.97. The van der Waals surface area contributed by atoms with Crippen LogP contribution in [0.15, 0.2) is 0 Å². The van der Waals surface area contributed by atoms with Crippen molar-refractivity contribution in [3.05, 3.63) is 0 Å². The van der Waals surface area contributed by atoms with E-state index in [1.54, 1.807) is 19.1 Å². The van der Waals surface area contributed by atoms with Gasteiger partial charge in [-0.3, -0.25) is 9.59 Å². The lowest BCUT2D eigenvalue weighted by molar-refractivity contribution is -0.137. The molecule has 1 saturated heterocycles. The maximum Gasteiger partial charge on any atom is 0.248 e. The summed E-state index contributed by atoms with van der Waals surface area (Å²) in [6.45, 7) is 2.75. The highest BCUT2D eigenvalue weighted by Gasteiger charge is 2.23. The first-order chi connectivity index (χ1) is 10.2. The fraction of sp³-hybridized carbons (Fsp3) is 0.857. The van der Waals surface area contributed by atoms with Crippen molar-refractivity contribution in [1.82, 2.24) is 10.2 Å². The fourth-order valence-corrected chi connectivity index (χ4v) is 2.16. The van der Waals surface area contributed by atoms with Crippen molar-refractivity contribution in [3.63, 3.8) is 0 Å². The number of likely N-dealkylation sites (tertiary alicyclic amines) is 1. The SMILES string of the molecule is COCCOCC(=O)N1CCC(NC(=O)CCOC)CC1. The van der Waals surface area contributed by atoms with Crippen molar-refractivity contribution >= 4 is 11.8 Å². The molecular formula is C14H26N2O5. The molecule has 0 aromatic heterocycles. The van der Waals surface area contributed by atoms with Crippen LogP contribution in [-0.2, 0) is 23.8 Å². The van der Waals surface area contributed by atoms with Gasteiger partial charge in [0.2, 0.25) is 11.8 Å². The van der Waals surface area contributed by atoms with Crippen molar-refractivity contribution in [3.8, 4) is 0 Å². The summed E-state index contributed by atoms with van der Waals surface area (Å²) in [5.41, 5.74) is 0. The molecule has 21 heavy (non-hydrogen) atoms. The number of ether oxygens (including phenoxy) is 3. The first kappa shape index (κ1) is 17.9. The Morgan fingerprint density at radius 2 is 1.76 bits per heavy atom. The van der Waals surface area contributed by atoms with Gasteiger partial charge in [-0.25, -0.2) is 0 Å². The Bertz CT molecular complexity index is 316. The second-order valence-electron chi connectivity index (χ2n) is 5.01. The molecule has 0 aromatic rings. The first-order valence-corrected chi connectivity index (χ1v) is 7.30. The minimum absolute atomic E-state index is 0.00419. The van der Waals surface area contributed by atoms with E-state index in [0.717, 1.165) is 12.8 Å². The van der Waals surface area contributed by atoms with Crippen LogP contribution in [0.3, 0.4) is 0 Å². The lowest BCUT2D eigenvalue weighted by atomic mass is 10.0. The molecule has 1 aliphatic rings. The van der Waals surface area contributed by atoms with E-state index in [4.69, 9.17) is 14.2 Å². The molecule has 1 N–H and O–H groups in total. The van der Waals surface area contributed by atoms with E-state index >= 15 is 0 Å². The number of carbonyl (C=O) groups excluding carboxylic acids is 2. The van der Waals surface area contributed by atoms with Crippen LogP contribution in [0.4, 0.5) is 0 Å². The monoisotopic (exact) mass is 302 g/mol. The van der Waals surface area contributed by atoms with E-state index < -0.39 is 0 Å². The number of hydrogen-bond donors (Lipinski definition) is 1. The third-order valence-electron chi connectivity index (χ3n) is 3.40. The second-order valence-corrected chi connectivity index (χ2v) is 5.01. The molecule has 0 bridgehead atoms. The van der Waals surface area contributed by atoms with Crippen LogP contribution >= 0.6 is 0 Å². The summed E-state index contributed by atoms with van der Waals surface area (Å²) in [6, 6.07) is 0.146. The zero-order valence-corrected chi connectivity index (χ0v) is 12.9. The Kier molecular flexibility index (Phi) is 8.96. The summed E-state index contributed by atoms with van der Waals surface area (Å²) >= 11 is 0. The largest absolute Gasteiger partial charge is 0.384 e. The molecule has 7 nitrogen and oxygen atoms in total. The smallest absolute Gasteiger partial charge is 0.248 e. The molecule has 1 aliphatic heterocycles. The average molecular weight is 302 g/mol. The van der Waals surface area contributed by atoms with Crippen molar-refractivity contribution in [2.45, 2.75) is 25.3 Å². The van der Waals surface area contributed by atoms with Gasteiger partial charge >= 0.3 is 0 Å². The van der Waals surface area contributed by atoms with Crippen LogP contribution in [0.5, 0.6) is 0 Å². The van der Waals surface area contributed by atoms with Crippen LogP contribution < -0.4 is 5.32 Å². The number of nitrogens with zero attached hydrogens (tertiary/aromatic N) is 1. The van der Waals surface area contributed by atoms with Crippen molar-refractivity contribution < 1.29 is 23.8 Å². The topological polar surface area (TPSA) is 77.1 Å². The van der Waals surface area contributed by atoms with Crippen molar-refractivity contribution in [2.24, 2.45) is 0 Å². The predicted molar refractivity (Wildman–Crippen MR) is 76.9 cm³/mol. The molecule has 0 atom stereocenters. The van der Waals surface area contributed by atoms with Gasteiger partial charge in [0.25, 0.3) is 0 Å². The van der Waals surface area contributed by atoms with Crippen molar-refractivity contribution in [2.75, 3.05) is 53.7 Å². The van der Waals surface area contributed by atoms with Gasteiger partial charge in [0.15, 0.2) is 0 Å². The molecule has 0 aliphatic carbocycles. The molecule has 1 heterocycles. The highest BCUT2D eigenvalue weighted by molar-refractivity contribution is 5.78. The molecule has 0 saturated carbocycles. The minimum atomic E-state index is -0.00439. The molecular weight excluding hydrogens is 276 g/mol. The lowest BCUT2D eigenvalue weighted by Gasteiger charge is -2.32. The van der Waals surface area contributed by atoms with Crippen LogP contribution in [-0.4, -0.2) is 76.5 Å². The number of piperidine rings is 1. The number of methoxy groups -OCH3 is 2. The molecule has 0 unspecified atom stereocenters. The summed E-state index contributed by atoms with van der Waals surface area (Å²) < 4.78 is 14.9. The van der Waals surface area contributed by atoms with Gasteiger partial charge in [-0.05, 0) is 12.8 Å². The fourth-order valence-electron chi connectivity index (χ4n) is 2.16. The van der Waals surface area contributed by atoms with Gasteiger partial charge in [0, 0.05) is 39.8 Å². The van der Waals surface area contributed by atoms with Crippen LogP contribution in [0, 0.1) is 0 Å². The Labute approximate surface area is 125 Å². The molecule has 122 valence electrons. The Balaban J connectivity index is 2.16. The summed E-state index contributed by atoms with van der Waals surface area (Å²) in [7, 11) is 3.17. The number of nitrogens with one attached hydrogen (secondary N) is 1. The van der Waals surface area contributed by atoms with E-state index in [1.165, 1.54) is 0 Å². The van der Waals surface area contributed by atoms with Crippen LogP contribution in [0.2, 0.25) is 0 Å². The zero-order valence-electron chi connectivity index (χ0n) is 12.9. The Morgan fingerprint density at radius 3 is 2.38 bits per heavy atom. The highest BCUT2D eigenvalue weighted by atomic mass is 16.5. The normalized spacial score (nSPS) is 16.0. The number of carbonyl (C=O) groups is 2. The Hall–Kier alpha value is -1.18. The minimum Gasteiger partial charge on any atom is -0.384 e. The number of rotatable bonds is 9. The maximum absolute atomic E-state index is 11.9. The van der Waals surface area contributed by atoms with Gasteiger partial charge in [-0.2, -0.15) is 0 Å². The molecule has 1 fully saturated rings. The summed E-state index contributed by atoms with van der Waals surface area (Å²) in [4.78, 5) is 25.3. The maximum atomic E-state index is 11.9. The zero-order chi connectivity index (χ0) is 15.5. The van der Waals surface area contributed by atoms with E-state index in [-0.39, 0.29) is 24.5 Å². The third kappa shape index (κ3) is 7.40. The summed E-state index contributed by atoms with van der Waals surface area (Å²) in [6.07, 6.45) is 1.94. The first-order valence-electron chi connectivity index (χ1n) is 7.30. The molecule has 2 amide bonds. The molecule has 1 rings (SSSR count). The molecule has 0 spiro atoms. The van der Waals surface area contributed by atoms with Crippen LogP contribution in [0.1, 0.15) is 19.3 Å². The summed E-state index contributed by atoms with van der Waals surface area (Å²) in [5.74, 6) is -0.000196. The average Bonchev–Trinajstić information content (AvgIpc) is 2.50. The quantitative estimate of drug-likeness (QED) is 0.597. The standard InChI is InChI=1S/C14H26N2O5/c1-19-8-5-13(17)15-12-3-6-16(7-4-12)14(18)11-21-10-9-20-2/h12H,3-11H2,1-2H3,(H,15,17). The second kappa shape index (κ2) is 10.5. The number of hydrogen-bond acceptors (Lipinski definition) is 5. The van der Waals surface area contributed by atoms with Gasteiger partial charge < -0.3 is 24.4 Å². The van der Waals surface area contributed by atoms with Gasteiger partial charge in [-0.1, -0.05) is 0 Å². The lowest BCUT2D eigenvalue weighted by Crippen LogP contribution is -2.47. The molecule has 0 radical (unpaired) electrons. The van der Waals surface area contributed by atoms with Gasteiger partial charge in [0.1, 0.15) is 6.61 Å². The predicted octanol–water partition coefficient (Wildman–Crippen LogP) is -0.207. The number of amides is 2. The van der Waals surface area contributed by atoms with Gasteiger partial charge in [-0.15, -0.1) is 0 Å². The highest BCUT2D eigenvalue weighted by Crippen LogP contribution is 2.10. The van der Waals surface area contributed by atoms with E-state index in [1.807, 2.05) is 0 Å². The van der Waals surface area contributed by atoms with Crippen molar-refractivity contribution in [1.29, 1.82) is 0 Å². The van der Waals surface area contributed by atoms with E-state index in [2.05, 4.69) is 5.32 Å². The van der Waals surface area contributed by atoms with Gasteiger partial charge in [0.05, 0.1) is 19.8 Å². The molecule has 7 heteroatoms. The van der Waals surface area contributed by atoms with E-state index in [9.17, 15) is 9.59 Å².